The Kier molecular flexibility index (Phi) is 4.01. The molecule has 2 aliphatic rings. The van der Waals surface area contributed by atoms with Crippen molar-refractivity contribution in [1.82, 2.24) is 14.8 Å². The monoisotopic (exact) mass is 297 g/mol. The van der Waals surface area contributed by atoms with Crippen LogP contribution in [0.5, 0.6) is 0 Å². The first kappa shape index (κ1) is 13.9. The first-order valence-electron chi connectivity index (χ1n) is 7.10. The van der Waals surface area contributed by atoms with E-state index < -0.39 is 0 Å². The summed E-state index contributed by atoms with van der Waals surface area (Å²) in [5.41, 5.74) is 0.684. The molecule has 0 spiro atoms. The van der Waals surface area contributed by atoms with Crippen LogP contribution in [0.3, 0.4) is 0 Å². The van der Waals surface area contributed by atoms with Crippen molar-refractivity contribution in [3.05, 3.63) is 23.0 Å². The van der Waals surface area contributed by atoms with Gasteiger partial charge in [-0.3, -0.25) is 4.79 Å². The molecule has 1 aliphatic carbocycles. The third kappa shape index (κ3) is 3.00. The fraction of sp³-hybridized carbons (Fsp3) is 0.643. The van der Waals surface area contributed by atoms with Gasteiger partial charge in [-0.2, -0.15) is 0 Å². The molecule has 110 valence electrons. The second-order valence-corrected chi connectivity index (χ2v) is 6.00. The van der Waals surface area contributed by atoms with Crippen molar-refractivity contribution in [3.63, 3.8) is 0 Å². The van der Waals surface area contributed by atoms with Crippen LogP contribution in [0.2, 0.25) is 5.02 Å². The fourth-order valence-electron chi connectivity index (χ4n) is 2.59. The van der Waals surface area contributed by atoms with E-state index in [-0.39, 0.29) is 12.0 Å². The summed E-state index contributed by atoms with van der Waals surface area (Å²) in [4.78, 5) is 14.3. The number of ether oxygens (including phenoxy) is 1. The predicted octanol–water partition coefficient (Wildman–Crippen LogP) is 1.54. The lowest BCUT2D eigenvalue weighted by atomic mass is 10.2. The summed E-state index contributed by atoms with van der Waals surface area (Å²) in [5.74, 6) is 0.0120. The van der Waals surface area contributed by atoms with Crippen molar-refractivity contribution in [3.8, 4) is 0 Å². The first-order chi connectivity index (χ1) is 9.65. The quantitative estimate of drug-likeness (QED) is 0.917. The number of halogens is 1. The van der Waals surface area contributed by atoms with Gasteiger partial charge in [0, 0.05) is 38.9 Å². The minimum Gasteiger partial charge on any atom is -0.374 e. The smallest absolute Gasteiger partial charge is 0.270 e. The number of nitrogens with one attached hydrogen (secondary N) is 1. The van der Waals surface area contributed by atoms with Crippen molar-refractivity contribution in [1.29, 1.82) is 0 Å². The van der Waals surface area contributed by atoms with Gasteiger partial charge in [0.25, 0.3) is 5.91 Å². The number of carbonyl (C=O) groups excluding carboxylic acids is 1. The minimum absolute atomic E-state index is 0.0120. The predicted molar refractivity (Wildman–Crippen MR) is 77.3 cm³/mol. The number of nitrogens with zero attached hydrogens (tertiary/aromatic N) is 2. The van der Waals surface area contributed by atoms with Crippen LogP contribution in [0.15, 0.2) is 12.3 Å². The lowest BCUT2D eigenvalue weighted by Crippen LogP contribution is -2.46. The molecule has 0 bridgehead atoms. The SMILES string of the molecule is CN(CC1CNCCO1)C(=O)c1cc(Cl)cn1C1CC1. The molecule has 2 heterocycles. The van der Waals surface area contributed by atoms with Crippen LogP contribution in [0.1, 0.15) is 29.4 Å². The Morgan fingerprint density at radius 3 is 3.05 bits per heavy atom. The normalized spacial score (nSPS) is 22.8. The average molecular weight is 298 g/mol. The number of carbonyl (C=O) groups is 1. The van der Waals surface area contributed by atoms with Gasteiger partial charge < -0.3 is 19.5 Å². The zero-order chi connectivity index (χ0) is 14.1. The van der Waals surface area contributed by atoms with E-state index in [0.717, 1.165) is 25.9 Å². The number of hydrogen-bond acceptors (Lipinski definition) is 3. The van der Waals surface area contributed by atoms with Gasteiger partial charge in [0.2, 0.25) is 0 Å². The summed E-state index contributed by atoms with van der Waals surface area (Å²) in [6.45, 7) is 2.98. The molecule has 2 fully saturated rings. The Balaban J connectivity index is 1.68. The molecule has 1 saturated heterocycles. The molecule has 1 amide bonds. The Morgan fingerprint density at radius 1 is 1.60 bits per heavy atom. The highest BCUT2D eigenvalue weighted by Crippen LogP contribution is 2.37. The summed E-state index contributed by atoms with van der Waals surface area (Å²) >= 11 is 6.05. The molecule has 1 N–H and O–H groups in total. The van der Waals surface area contributed by atoms with E-state index in [2.05, 4.69) is 5.32 Å². The van der Waals surface area contributed by atoms with Gasteiger partial charge >= 0.3 is 0 Å². The number of likely N-dealkylation sites (N-methyl/N-ethyl adjacent to an activating group) is 1. The number of amides is 1. The molecule has 1 saturated carbocycles. The number of hydrogen-bond donors (Lipinski definition) is 1. The van der Waals surface area contributed by atoms with Crippen molar-refractivity contribution < 1.29 is 9.53 Å². The van der Waals surface area contributed by atoms with Crippen LogP contribution in [0.25, 0.3) is 0 Å². The maximum absolute atomic E-state index is 12.6. The van der Waals surface area contributed by atoms with Gasteiger partial charge in [0.05, 0.1) is 17.7 Å². The Hall–Kier alpha value is -1.04. The lowest BCUT2D eigenvalue weighted by molar-refractivity contribution is 0.0101. The van der Waals surface area contributed by atoms with E-state index in [9.17, 15) is 4.79 Å². The van der Waals surface area contributed by atoms with E-state index >= 15 is 0 Å². The van der Waals surface area contributed by atoms with Gasteiger partial charge in [-0.15, -0.1) is 0 Å². The van der Waals surface area contributed by atoms with Crippen LogP contribution in [0.4, 0.5) is 0 Å². The summed E-state index contributed by atoms with van der Waals surface area (Å²) in [6.07, 6.45) is 4.19. The van der Waals surface area contributed by atoms with Gasteiger partial charge in [0.15, 0.2) is 0 Å². The molecule has 5 nitrogen and oxygen atoms in total. The van der Waals surface area contributed by atoms with Crippen molar-refractivity contribution in [2.45, 2.75) is 25.0 Å². The van der Waals surface area contributed by atoms with E-state index in [0.29, 0.717) is 29.9 Å². The molecule has 0 aromatic carbocycles. The molecule has 20 heavy (non-hydrogen) atoms. The maximum atomic E-state index is 12.6. The molecule has 1 aromatic heterocycles. The third-order valence-corrected chi connectivity index (χ3v) is 4.01. The average Bonchev–Trinajstić information content (AvgIpc) is 3.22. The van der Waals surface area contributed by atoms with E-state index in [4.69, 9.17) is 16.3 Å². The van der Waals surface area contributed by atoms with E-state index in [1.54, 1.807) is 11.0 Å². The standard InChI is InChI=1S/C14H20ClN3O2/c1-17(9-12-7-16-4-5-20-12)14(19)13-6-10(15)8-18(13)11-2-3-11/h6,8,11-12,16H,2-5,7,9H2,1H3. The molecule has 1 aliphatic heterocycles. The Morgan fingerprint density at radius 2 is 2.40 bits per heavy atom. The summed E-state index contributed by atoms with van der Waals surface area (Å²) < 4.78 is 7.66. The summed E-state index contributed by atoms with van der Waals surface area (Å²) in [6, 6.07) is 2.21. The number of aromatic nitrogens is 1. The van der Waals surface area contributed by atoms with Crippen molar-refractivity contribution in [2.24, 2.45) is 0 Å². The molecule has 0 radical (unpaired) electrons. The first-order valence-corrected chi connectivity index (χ1v) is 7.48. The molecular formula is C14H20ClN3O2. The minimum atomic E-state index is 0.0120. The number of morpholine rings is 1. The largest absolute Gasteiger partial charge is 0.374 e. The molecule has 1 unspecified atom stereocenters. The number of rotatable bonds is 4. The van der Waals surface area contributed by atoms with Crippen molar-refractivity contribution in [2.75, 3.05) is 33.3 Å². The second-order valence-electron chi connectivity index (χ2n) is 5.56. The van der Waals surface area contributed by atoms with Gasteiger partial charge in [-0.05, 0) is 18.9 Å². The second kappa shape index (κ2) is 5.76. The molecule has 1 aromatic rings. The zero-order valence-electron chi connectivity index (χ0n) is 11.6. The lowest BCUT2D eigenvalue weighted by Gasteiger charge is -2.28. The Bertz CT molecular complexity index is 493. The van der Waals surface area contributed by atoms with Crippen LogP contribution in [-0.4, -0.2) is 54.8 Å². The van der Waals surface area contributed by atoms with Gasteiger partial charge in [-0.25, -0.2) is 0 Å². The molecular weight excluding hydrogens is 278 g/mol. The highest BCUT2D eigenvalue weighted by molar-refractivity contribution is 6.31. The highest BCUT2D eigenvalue weighted by atomic mass is 35.5. The van der Waals surface area contributed by atoms with Crippen LogP contribution in [-0.2, 0) is 4.74 Å². The zero-order valence-corrected chi connectivity index (χ0v) is 12.4. The summed E-state index contributed by atoms with van der Waals surface area (Å²) in [7, 11) is 1.82. The maximum Gasteiger partial charge on any atom is 0.270 e. The fourth-order valence-corrected chi connectivity index (χ4v) is 2.80. The molecule has 1 atom stereocenters. The molecule has 3 rings (SSSR count). The van der Waals surface area contributed by atoms with E-state index in [1.165, 1.54) is 0 Å². The Labute approximate surface area is 123 Å². The molecule has 6 heteroatoms. The summed E-state index contributed by atoms with van der Waals surface area (Å²) in [5, 5.41) is 3.90. The van der Waals surface area contributed by atoms with E-state index in [1.807, 2.05) is 17.8 Å². The van der Waals surface area contributed by atoms with Crippen molar-refractivity contribution >= 4 is 17.5 Å². The van der Waals surface area contributed by atoms with Crippen LogP contribution in [0, 0.1) is 0 Å². The topological polar surface area (TPSA) is 46.5 Å². The third-order valence-electron chi connectivity index (χ3n) is 3.80. The van der Waals surface area contributed by atoms with Gasteiger partial charge in [-0.1, -0.05) is 11.6 Å². The van der Waals surface area contributed by atoms with Crippen LogP contribution < -0.4 is 5.32 Å². The highest BCUT2D eigenvalue weighted by Gasteiger charge is 2.29. The van der Waals surface area contributed by atoms with Crippen LogP contribution >= 0.6 is 11.6 Å². The van der Waals surface area contributed by atoms with Gasteiger partial charge in [0.1, 0.15) is 5.69 Å².